The maximum absolute atomic E-state index is 13.4. The summed E-state index contributed by atoms with van der Waals surface area (Å²) in [6.07, 6.45) is 1.87. The number of nitrogens with one attached hydrogen (secondary N) is 2. The third-order valence-electron chi connectivity index (χ3n) is 4.94. The van der Waals surface area contributed by atoms with E-state index in [9.17, 15) is 14.0 Å². The van der Waals surface area contributed by atoms with Gasteiger partial charge in [-0.3, -0.25) is 9.59 Å². The molecule has 0 spiro atoms. The fraction of sp³-hybridized carbons (Fsp3) is 0.174. The van der Waals surface area contributed by atoms with E-state index in [1.165, 1.54) is 23.5 Å². The first-order valence-corrected chi connectivity index (χ1v) is 10.8. The molecule has 4 aromatic rings. The molecule has 0 saturated heterocycles. The Balaban J connectivity index is 1.43. The molecule has 0 aliphatic rings. The second-order valence-corrected chi connectivity index (χ2v) is 7.86. The average molecular weight is 437 g/mol. The molecule has 1 atom stereocenters. The topological polar surface area (TPSA) is 76.0 Å². The Kier molecular flexibility index (Phi) is 6.37. The Hall–Kier alpha value is -3.52. The minimum absolute atomic E-state index is 0.137. The van der Waals surface area contributed by atoms with Crippen LogP contribution in [0.5, 0.6) is 0 Å². The van der Waals surface area contributed by atoms with Gasteiger partial charge in [0.25, 0.3) is 5.91 Å². The number of nitrogens with zero attached hydrogens (tertiary/aromatic N) is 2. The first-order chi connectivity index (χ1) is 15.1. The minimum atomic E-state index is -0.377. The smallest absolute Gasteiger partial charge is 0.252 e. The van der Waals surface area contributed by atoms with Crippen LogP contribution in [-0.2, 0) is 11.3 Å². The molecule has 8 heteroatoms. The van der Waals surface area contributed by atoms with Crippen LogP contribution in [0.4, 0.5) is 4.39 Å². The molecule has 0 unspecified atom stereocenters. The summed E-state index contributed by atoms with van der Waals surface area (Å²) in [5.74, 6) is -0.739. The number of para-hydroxylation sites is 2. The largest absolute Gasteiger partial charge is 0.351 e. The number of carbonyl (C=O) groups excluding carboxylic acids is 2. The van der Waals surface area contributed by atoms with Crippen molar-refractivity contribution in [2.75, 3.05) is 6.54 Å². The second-order valence-electron chi connectivity index (χ2n) is 7.08. The van der Waals surface area contributed by atoms with E-state index in [0.717, 1.165) is 16.6 Å². The highest BCUT2D eigenvalue weighted by Crippen LogP contribution is 2.20. The summed E-state index contributed by atoms with van der Waals surface area (Å²) in [5, 5.41) is 9.34. The standard InChI is InChI=1S/C23H21FN4O2S/c24-18-7-5-16(6-8-18)20(13-28-15-26-19-3-1-2-4-21(19)28)27-22(29)9-11-25-23(30)17-10-12-31-14-17/h1-8,10,12,14-15,20H,9,11,13H2,(H,25,30)(H,27,29)/t20-/m0/s1. The Morgan fingerprint density at radius 1 is 1.10 bits per heavy atom. The van der Waals surface area contributed by atoms with Crippen LogP contribution in [0.2, 0.25) is 0 Å². The zero-order valence-electron chi connectivity index (χ0n) is 16.6. The number of benzene rings is 2. The lowest BCUT2D eigenvalue weighted by atomic mass is 10.1. The lowest BCUT2D eigenvalue weighted by Gasteiger charge is -2.20. The van der Waals surface area contributed by atoms with Gasteiger partial charge in [-0.1, -0.05) is 24.3 Å². The van der Waals surface area contributed by atoms with Gasteiger partial charge in [0.1, 0.15) is 5.82 Å². The first-order valence-electron chi connectivity index (χ1n) is 9.85. The van der Waals surface area contributed by atoms with Crippen LogP contribution in [0.3, 0.4) is 0 Å². The van der Waals surface area contributed by atoms with Crippen molar-refractivity contribution in [3.8, 4) is 0 Å². The van der Waals surface area contributed by atoms with Crippen LogP contribution >= 0.6 is 11.3 Å². The number of thiophene rings is 1. The Morgan fingerprint density at radius 2 is 1.90 bits per heavy atom. The molecule has 0 aliphatic heterocycles. The van der Waals surface area contributed by atoms with Crippen LogP contribution in [0.15, 0.2) is 71.7 Å². The highest BCUT2D eigenvalue weighted by Gasteiger charge is 2.17. The van der Waals surface area contributed by atoms with Crippen molar-refractivity contribution < 1.29 is 14.0 Å². The normalized spacial score (nSPS) is 11.9. The summed E-state index contributed by atoms with van der Waals surface area (Å²) in [6, 6.07) is 15.2. The number of aromatic nitrogens is 2. The van der Waals surface area contributed by atoms with E-state index < -0.39 is 0 Å². The van der Waals surface area contributed by atoms with E-state index in [4.69, 9.17) is 0 Å². The number of imidazole rings is 1. The molecule has 0 radical (unpaired) electrons. The number of halogens is 1. The van der Waals surface area contributed by atoms with Crippen molar-refractivity contribution in [2.45, 2.75) is 19.0 Å². The fourth-order valence-corrected chi connectivity index (χ4v) is 3.97. The van der Waals surface area contributed by atoms with Crippen LogP contribution < -0.4 is 10.6 Å². The number of hydrogen-bond donors (Lipinski definition) is 2. The molecule has 2 heterocycles. The van der Waals surface area contributed by atoms with Gasteiger partial charge in [0.15, 0.2) is 0 Å². The number of amides is 2. The Labute approximate surface area is 182 Å². The predicted octanol–water partition coefficient (Wildman–Crippen LogP) is 3.91. The third-order valence-corrected chi connectivity index (χ3v) is 5.62. The van der Waals surface area contributed by atoms with Crippen molar-refractivity contribution >= 4 is 34.2 Å². The summed E-state index contributed by atoms with van der Waals surface area (Å²) in [7, 11) is 0. The predicted molar refractivity (Wildman–Crippen MR) is 118 cm³/mol. The van der Waals surface area contributed by atoms with Gasteiger partial charge in [0.05, 0.1) is 23.4 Å². The lowest BCUT2D eigenvalue weighted by molar-refractivity contribution is -0.121. The van der Waals surface area contributed by atoms with Crippen molar-refractivity contribution in [1.29, 1.82) is 0 Å². The number of hydrogen-bond acceptors (Lipinski definition) is 4. The van der Waals surface area contributed by atoms with Crippen LogP contribution in [-0.4, -0.2) is 27.9 Å². The third kappa shape index (κ3) is 5.16. The van der Waals surface area contributed by atoms with E-state index >= 15 is 0 Å². The molecule has 158 valence electrons. The molecule has 6 nitrogen and oxygen atoms in total. The van der Waals surface area contributed by atoms with Gasteiger partial charge in [-0.25, -0.2) is 9.37 Å². The van der Waals surface area contributed by atoms with E-state index in [-0.39, 0.29) is 36.6 Å². The van der Waals surface area contributed by atoms with Crippen molar-refractivity contribution in [1.82, 2.24) is 20.2 Å². The quantitative estimate of drug-likeness (QED) is 0.440. The molecular weight excluding hydrogens is 415 g/mol. The average Bonchev–Trinajstić information content (AvgIpc) is 3.44. The monoisotopic (exact) mass is 436 g/mol. The van der Waals surface area contributed by atoms with E-state index in [1.807, 2.05) is 34.2 Å². The molecule has 2 aromatic carbocycles. The van der Waals surface area contributed by atoms with Crippen molar-refractivity contribution in [3.05, 3.63) is 88.6 Å². The SMILES string of the molecule is O=C(CCNC(=O)c1ccsc1)N[C@@H](Cn1cnc2ccccc21)c1ccc(F)cc1. The van der Waals surface area contributed by atoms with Gasteiger partial charge in [-0.15, -0.1) is 0 Å². The summed E-state index contributed by atoms with van der Waals surface area (Å²) >= 11 is 1.44. The zero-order chi connectivity index (χ0) is 21.6. The maximum Gasteiger partial charge on any atom is 0.252 e. The molecule has 0 saturated carbocycles. The van der Waals surface area contributed by atoms with Crippen LogP contribution in [0.25, 0.3) is 11.0 Å². The molecule has 0 bridgehead atoms. The van der Waals surface area contributed by atoms with Crippen LogP contribution in [0, 0.1) is 5.82 Å². The van der Waals surface area contributed by atoms with Gasteiger partial charge in [-0.2, -0.15) is 11.3 Å². The Bertz CT molecular complexity index is 1170. The maximum atomic E-state index is 13.4. The molecule has 2 N–H and O–H groups in total. The van der Waals surface area contributed by atoms with Gasteiger partial charge in [0.2, 0.25) is 5.91 Å². The summed E-state index contributed by atoms with van der Waals surface area (Å²) < 4.78 is 15.4. The fourth-order valence-electron chi connectivity index (χ4n) is 3.33. The molecule has 2 aromatic heterocycles. The van der Waals surface area contributed by atoms with E-state index in [1.54, 1.807) is 29.9 Å². The Morgan fingerprint density at radius 3 is 2.68 bits per heavy atom. The van der Waals surface area contributed by atoms with Gasteiger partial charge in [-0.05, 0) is 41.3 Å². The van der Waals surface area contributed by atoms with Crippen molar-refractivity contribution in [2.24, 2.45) is 0 Å². The van der Waals surface area contributed by atoms with Crippen molar-refractivity contribution in [3.63, 3.8) is 0 Å². The molecule has 2 amide bonds. The highest BCUT2D eigenvalue weighted by atomic mass is 32.1. The van der Waals surface area contributed by atoms with E-state index in [2.05, 4.69) is 15.6 Å². The molecule has 0 fully saturated rings. The van der Waals surface area contributed by atoms with Gasteiger partial charge in [0, 0.05) is 30.5 Å². The minimum Gasteiger partial charge on any atom is -0.351 e. The molecule has 4 rings (SSSR count). The van der Waals surface area contributed by atoms with E-state index in [0.29, 0.717) is 12.1 Å². The van der Waals surface area contributed by atoms with Gasteiger partial charge >= 0.3 is 0 Å². The summed E-state index contributed by atoms with van der Waals surface area (Å²) in [5.41, 5.74) is 3.19. The highest BCUT2D eigenvalue weighted by molar-refractivity contribution is 7.08. The number of fused-ring (bicyclic) bond motifs is 1. The first kappa shape index (κ1) is 20.7. The molecule has 31 heavy (non-hydrogen) atoms. The summed E-state index contributed by atoms with van der Waals surface area (Å²) in [4.78, 5) is 29.0. The number of carbonyl (C=O) groups is 2. The number of rotatable bonds is 8. The van der Waals surface area contributed by atoms with Gasteiger partial charge < -0.3 is 15.2 Å². The lowest BCUT2D eigenvalue weighted by Crippen LogP contribution is -2.34. The molecular formula is C23H21FN4O2S. The van der Waals surface area contributed by atoms with Crippen LogP contribution in [0.1, 0.15) is 28.4 Å². The second kappa shape index (κ2) is 9.53. The molecule has 0 aliphatic carbocycles. The summed E-state index contributed by atoms with van der Waals surface area (Å²) in [6.45, 7) is 0.670. The zero-order valence-corrected chi connectivity index (χ0v) is 17.4.